The van der Waals surface area contributed by atoms with E-state index < -0.39 is 0 Å². The van der Waals surface area contributed by atoms with Crippen LogP contribution in [0.2, 0.25) is 0 Å². The molecule has 2 aliphatic heterocycles. The van der Waals surface area contributed by atoms with Crippen LogP contribution in [-0.2, 0) is 0 Å². The van der Waals surface area contributed by atoms with Crippen LogP contribution in [-0.4, -0.2) is 32.8 Å². The number of rotatable bonds is 1. The van der Waals surface area contributed by atoms with Crippen LogP contribution in [0.1, 0.15) is 5.56 Å². The van der Waals surface area contributed by atoms with Gasteiger partial charge < -0.3 is 0 Å². The van der Waals surface area contributed by atoms with Crippen molar-refractivity contribution in [1.29, 1.82) is 10.7 Å². The number of hydrazine groups is 1. The number of nitriles is 1. The second-order valence-corrected chi connectivity index (χ2v) is 4.83. The standard InChI is InChI=1S/C15H10N8/c16-6-10-7-19-22-9-18-14-12(15(22)21-13(10)17)8-20-23(14)11-4-2-1-3-5-11/h1-5,7-9,17,19H. The zero-order valence-electron chi connectivity index (χ0n) is 11.8. The number of benzene rings is 1. The van der Waals surface area contributed by atoms with E-state index in [0.717, 1.165) is 5.69 Å². The zero-order chi connectivity index (χ0) is 15.8. The maximum absolute atomic E-state index is 9.03. The van der Waals surface area contributed by atoms with E-state index in [1.54, 1.807) is 22.2 Å². The minimum Gasteiger partial charge on any atom is -0.297 e. The van der Waals surface area contributed by atoms with E-state index in [1.807, 2.05) is 36.4 Å². The maximum atomic E-state index is 9.03. The lowest BCUT2D eigenvalue weighted by molar-refractivity contribution is 0.542. The summed E-state index contributed by atoms with van der Waals surface area (Å²) in [6.45, 7) is 0. The van der Waals surface area contributed by atoms with Crippen LogP contribution in [0.15, 0.2) is 58.3 Å². The molecule has 0 saturated heterocycles. The van der Waals surface area contributed by atoms with Crippen molar-refractivity contribution in [2.24, 2.45) is 9.98 Å². The van der Waals surface area contributed by atoms with Crippen LogP contribution >= 0.6 is 0 Å². The molecule has 0 spiro atoms. The van der Waals surface area contributed by atoms with Gasteiger partial charge in [-0.1, -0.05) is 18.2 Å². The molecule has 0 radical (unpaired) electrons. The van der Waals surface area contributed by atoms with Gasteiger partial charge in [-0.25, -0.2) is 19.7 Å². The van der Waals surface area contributed by atoms with Crippen LogP contribution < -0.4 is 5.43 Å². The highest BCUT2D eigenvalue weighted by Crippen LogP contribution is 2.27. The number of aliphatic imine (C=N–C) groups is 2. The van der Waals surface area contributed by atoms with Crippen LogP contribution in [0.3, 0.4) is 0 Å². The number of amidine groups is 2. The quantitative estimate of drug-likeness (QED) is 0.832. The summed E-state index contributed by atoms with van der Waals surface area (Å²) in [6, 6.07) is 11.6. The summed E-state index contributed by atoms with van der Waals surface area (Å²) in [5, 5.41) is 22.9. The fourth-order valence-electron chi connectivity index (χ4n) is 2.34. The molecule has 0 saturated carbocycles. The Morgan fingerprint density at radius 3 is 2.83 bits per heavy atom. The minimum absolute atomic E-state index is 0.105. The lowest BCUT2D eigenvalue weighted by Crippen LogP contribution is -2.40. The third-order valence-electron chi connectivity index (χ3n) is 3.45. The van der Waals surface area contributed by atoms with Gasteiger partial charge in [0, 0.05) is 6.20 Å². The van der Waals surface area contributed by atoms with E-state index in [2.05, 4.69) is 20.5 Å². The van der Waals surface area contributed by atoms with Gasteiger partial charge in [-0.05, 0) is 12.1 Å². The van der Waals surface area contributed by atoms with Crippen LogP contribution in [0.4, 0.5) is 5.82 Å². The molecule has 110 valence electrons. The third kappa shape index (κ3) is 1.99. The van der Waals surface area contributed by atoms with Crippen molar-refractivity contribution in [2.45, 2.75) is 0 Å². The first kappa shape index (κ1) is 13.0. The lowest BCUT2D eigenvalue weighted by Gasteiger charge is -2.22. The first-order valence-electron chi connectivity index (χ1n) is 6.79. The van der Waals surface area contributed by atoms with Gasteiger partial charge in [0.2, 0.25) is 0 Å². The molecule has 3 heterocycles. The topological polar surface area (TPSA) is 105 Å². The van der Waals surface area contributed by atoms with E-state index in [0.29, 0.717) is 17.2 Å². The molecule has 0 bridgehead atoms. The van der Waals surface area contributed by atoms with Gasteiger partial charge in [0.25, 0.3) is 0 Å². The summed E-state index contributed by atoms with van der Waals surface area (Å²) in [5.74, 6) is 0.996. The second-order valence-electron chi connectivity index (χ2n) is 4.83. The monoisotopic (exact) mass is 302 g/mol. The molecule has 2 aromatic rings. The summed E-state index contributed by atoms with van der Waals surface area (Å²) in [7, 11) is 0. The van der Waals surface area contributed by atoms with E-state index in [4.69, 9.17) is 10.7 Å². The van der Waals surface area contributed by atoms with E-state index in [-0.39, 0.29) is 11.4 Å². The van der Waals surface area contributed by atoms with Gasteiger partial charge >= 0.3 is 0 Å². The highest BCUT2D eigenvalue weighted by molar-refractivity contribution is 6.17. The Kier molecular flexibility index (Phi) is 2.78. The molecule has 0 amide bonds. The molecule has 0 fully saturated rings. The Balaban J connectivity index is 1.84. The average molecular weight is 302 g/mol. The Morgan fingerprint density at radius 2 is 2.04 bits per heavy atom. The molecular weight excluding hydrogens is 292 g/mol. The SMILES string of the molecule is N#CC1=CNN2C=Nc3c(cnn3-c3ccccc3)C2=NC1=N. The highest BCUT2D eigenvalue weighted by atomic mass is 15.5. The van der Waals surface area contributed by atoms with Gasteiger partial charge in [0.05, 0.1) is 17.4 Å². The molecular formula is C15H10N8. The molecule has 0 atom stereocenters. The van der Waals surface area contributed by atoms with Gasteiger partial charge in [0.1, 0.15) is 18.0 Å². The Labute approximate surface area is 131 Å². The van der Waals surface area contributed by atoms with E-state index >= 15 is 0 Å². The van der Waals surface area contributed by atoms with Crippen molar-refractivity contribution in [2.75, 3.05) is 0 Å². The van der Waals surface area contributed by atoms with Crippen LogP contribution in [0, 0.1) is 16.7 Å². The summed E-state index contributed by atoms with van der Waals surface area (Å²) in [6.07, 6.45) is 4.63. The highest BCUT2D eigenvalue weighted by Gasteiger charge is 2.27. The van der Waals surface area contributed by atoms with Crippen LogP contribution in [0.25, 0.3) is 5.69 Å². The lowest BCUT2D eigenvalue weighted by atomic mass is 10.2. The third-order valence-corrected chi connectivity index (χ3v) is 3.45. The van der Waals surface area contributed by atoms with E-state index in [9.17, 15) is 0 Å². The first-order valence-corrected chi connectivity index (χ1v) is 6.79. The van der Waals surface area contributed by atoms with Crippen molar-refractivity contribution in [3.8, 4) is 11.8 Å². The number of nitrogens with one attached hydrogen (secondary N) is 2. The van der Waals surface area contributed by atoms with Crippen molar-refractivity contribution in [3.05, 3.63) is 53.9 Å². The largest absolute Gasteiger partial charge is 0.297 e. The molecule has 1 aromatic carbocycles. The Morgan fingerprint density at radius 1 is 1.22 bits per heavy atom. The predicted octanol–water partition coefficient (Wildman–Crippen LogP) is 1.50. The van der Waals surface area contributed by atoms with Gasteiger partial charge in [0.15, 0.2) is 17.5 Å². The number of nitrogens with zero attached hydrogens (tertiary/aromatic N) is 6. The summed E-state index contributed by atoms with van der Waals surface area (Å²) in [4.78, 5) is 8.63. The molecule has 1 aromatic heterocycles. The smallest absolute Gasteiger partial charge is 0.168 e. The summed E-state index contributed by atoms with van der Waals surface area (Å²) >= 11 is 0. The second kappa shape index (κ2) is 4.92. The van der Waals surface area contributed by atoms with Crippen molar-refractivity contribution < 1.29 is 0 Å². The fourth-order valence-corrected chi connectivity index (χ4v) is 2.34. The normalized spacial score (nSPS) is 15.6. The summed E-state index contributed by atoms with van der Waals surface area (Å²) in [5.41, 5.74) is 4.61. The number of hydrogen-bond acceptors (Lipinski definition) is 6. The molecule has 2 N–H and O–H groups in total. The molecule has 0 unspecified atom stereocenters. The Hall–Kier alpha value is -3.73. The first-order chi connectivity index (χ1) is 11.3. The van der Waals surface area contributed by atoms with Crippen molar-refractivity contribution >= 4 is 23.8 Å². The molecule has 23 heavy (non-hydrogen) atoms. The van der Waals surface area contributed by atoms with Crippen molar-refractivity contribution in [3.63, 3.8) is 0 Å². The number of para-hydroxylation sites is 1. The van der Waals surface area contributed by atoms with Gasteiger partial charge in [-0.2, -0.15) is 10.4 Å². The molecule has 8 nitrogen and oxygen atoms in total. The van der Waals surface area contributed by atoms with Crippen LogP contribution in [0.5, 0.6) is 0 Å². The number of fused-ring (bicyclic) bond motifs is 3. The maximum Gasteiger partial charge on any atom is 0.168 e. The molecule has 0 aliphatic carbocycles. The zero-order valence-corrected chi connectivity index (χ0v) is 11.8. The molecule has 8 heteroatoms. The minimum atomic E-state index is -0.105. The van der Waals surface area contributed by atoms with Gasteiger partial charge in [-0.3, -0.25) is 10.8 Å². The number of aromatic nitrogens is 2. The molecule has 2 aliphatic rings. The Bertz CT molecular complexity index is 926. The summed E-state index contributed by atoms with van der Waals surface area (Å²) < 4.78 is 1.71. The van der Waals surface area contributed by atoms with E-state index in [1.165, 1.54) is 6.20 Å². The predicted molar refractivity (Wildman–Crippen MR) is 84.7 cm³/mol. The number of hydrogen-bond donors (Lipinski definition) is 2. The molecule has 4 rings (SSSR count). The average Bonchev–Trinajstić information content (AvgIpc) is 2.94. The van der Waals surface area contributed by atoms with Crippen molar-refractivity contribution in [1.82, 2.24) is 20.2 Å². The fraction of sp³-hybridized carbons (Fsp3) is 0. The van der Waals surface area contributed by atoms with Gasteiger partial charge in [-0.15, -0.1) is 0 Å².